The van der Waals surface area contributed by atoms with Crippen LogP contribution < -0.4 is 0 Å². The highest BCUT2D eigenvalue weighted by Crippen LogP contribution is 2.34. The third-order valence-corrected chi connectivity index (χ3v) is 8.48. The number of rotatable bonds is 12. The number of hydrogen-bond acceptors (Lipinski definition) is 4. The molecule has 1 heterocycles. The molecule has 9 heteroatoms. The van der Waals surface area contributed by atoms with Gasteiger partial charge < -0.3 is 4.74 Å². The smallest absolute Gasteiger partial charge is 0.375 e. The molecule has 4 rings (SSSR count). The van der Waals surface area contributed by atoms with Gasteiger partial charge in [0.25, 0.3) is 0 Å². The van der Waals surface area contributed by atoms with E-state index < -0.39 is 21.8 Å². The van der Waals surface area contributed by atoms with Gasteiger partial charge in [0.15, 0.2) is 0 Å². The normalized spacial score (nSPS) is 15.2. The summed E-state index contributed by atoms with van der Waals surface area (Å²) in [5, 5.41) is 0. The Kier molecular flexibility index (Phi) is 9.48. The van der Waals surface area contributed by atoms with Gasteiger partial charge in [-0.3, -0.25) is 4.90 Å². The molecule has 0 aliphatic carbocycles. The number of sulfonamides is 1. The molecule has 210 valence electrons. The number of ether oxygens (including phenoxy) is 1. The zero-order chi connectivity index (χ0) is 28.0. The van der Waals surface area contributed by atoms with Gasteiger partial charge in [-0.15, -0.1) is 0 Å². The Morgan fingerprint density at radius 3 is 2.08 bits per heavy atom. The standard InChI is InChI=1S/C30H35F3N2O3S/c1-23-26(15-9-16-29(23)30(31,32)33)19-34(17-10-18-38-27-20-35(21-27)39(2,36)37)22-28(24-11-5-3-6-12-24)25-13-7-4-8-14-25/h3-9,11-16,27-28H,10,17-22H2,1-2H3. The van der Waals surface area contributed by atoms with Crippen LogP contribution >= 0.6 is 0 Å². The molecule has 1 aliphatic rings. The van der Waals surface area contributed by atoms with Crippen LogP contribution in [0.2, 0.25) is 0 Å². The van der Waals surface area contributed by atoms with Crippen LogP contribution in [0.15, 0.2) is 78.9 Å². The van der Waals surface area contributed by atoms with E-state index in [1.54, 1.807) is 6.07 Å². The van der Waals surface area contributed by atoms with Gasteiger partial charge in [0.2, 0.25) is 10.0 Å². The predicted octanol–water partition coefficient (Wildman–Crippen LogP) is 5.70. The van der Waals surface area contributed by atoms with Gasteiger partial charge in [-0.2, -0.15) is 17.5 Å². The lowest BCUT2D eigenvalue weighted by Gasteiger charge is -2.37. The number of nitrogens with zero attached hydrogens (tertiary/aromatic N) is 2. The van der Waals surface area contributed by atoms with Gasteiger partial charge >= 0.3 is 6.18 Å². The molecule has 0 aromatic heterocycles. The molecule has 39 heavy (non-hydrogen) atoms. The van der Waals surface area contributed by atoms with Crippen LogP contribution in [0.3, 0.4) is 0 Å². The summed E-state index contributed by atoms with van der Waals surface area (Å²) >= 11 is 0. The molecule has 0 N–H and O–H groups in total. The maximum absolute atomic E-state index is 13.6. The number of halogens is 3. The fraction of sp³-hybridized carbons (Fsp3) is 0.400. The van der Waals surface area contributed by atoms with Crippen molar-refractivity contribution >= 4 is 10.0 Å². The van der Waals surface area contributed by atoms with E-state index in [0.29, 0.717) is 51.3 Å². The third-order valence-electron chi connectivity index (χ3n) is 7.25. The lowest BCUT2D eigenvalue weighted by Crippen LogP contribution is -2.54. The summed E-state index contributed by atoms with van der Waals surface area (Å²) in [4.78, 5) is 2.19. The Hall–Kier alpha value is -2.72. The molecule has 3 aromatic carbocycles. The van der Waals surface area contributed by atoms with Gasteiger partial charge in [-0.05, 0) is 41.7 Å². The van der Waals surface area contributed by atoms with E-state index in [1.807, 2.05) is 36.4 Å². The van der Waals surface area contributed by atoms with E-state index in [2.05, 4.69) is 29.2 Å². The summed E-state index contributed by atoms with van der Waals surface area (Å²) in [6.45, 7) is 4.31. The minimum absolute atomic E-state index is 0.0365. The van der Waals surface area contributed by atoms with Crippen molar-refractivity contribution in [2.75, 3.05) is 39.0 Å². The summed E-state index contributed by atoms with van der Waals surface area (Å²) in [5.74, 6) is 0.0365. The summed E-state index contributed by atoms with van der Waals surface area (Å²) in [7, 11) is -3.20. The van der Waals surface area contributed by atoms with E-state index in [0.717, 1.165) is 17.2 Å². The quantitative estimate of drug-likeness (QED) is 0.267. The van der Waals surface area contributed by atoms with E-state index in [9.17, 15) is 21.6 Å². The van der Waals surface area contributed by atoms with Crippen LogP contribution in [0.5, 0.6) is 0 Å². The molecule has 0 unspecified atom stereocenters. The van der Waals surface area contributed by atoms with Crippen LogP contribution in [0.4, 0.5) is 13.2 Å². The fourth-order valence-corrected chi connectivity index (χ4v) is 5.86. The third kappa shape index (κ3) is 7.91. The average molecular weight is 561 g/mol. The highest BCUT2D eigenvalue weighted by Gasteiger charge is 2.34. The zero-order valence-corrected chi connectivity index (χ0v) is 23.1. The first-order valence-corrected chi connectivity index (χ1v) is 14.9. The Bertz CT molecular complexity index is 1270. The molecule has 0 atom stereocenters. The lowest BCUT2D eigenvalue weighted by atomic mass is 9.90. The first kappa shape index (κ1) is 29.3. The molecular weight excluding hydrogens is 525 g/mol. The predicted molar refractivity (Wildman–Crippen MR) is 147 cm³/mol. The van der Waals surface area contributed by atoms with E-state index in [-0.39, 0.29) is 17.6 Å². The van der Waals surface area contributed by atoms with Crippen LogP contribution in [0, 0.1) is 6.92 Å². The Labute approximate surface area is 229 Å². The second kappa shape index (κ2) is 12.6. The molecule has 0 amide bonds. The molecule has 0 radical (unpaired) electrons. The van der Waals surface area contributed by atoms with Crippen molar-refractivity contribution in [1.29, 1.82) is 0 Å². The Morgan fingerprint density at radius 1 is 0.949 bits per heavy atom. The zero-order valence-electron chi connectivity index (χ0n) is 22.3. The molecule has 5 nitrogen and oxygen atoms in total. The molecule has 1 aliphatic heterocycles. The second-order valence-corrected chi connectivity index (χ2v) is 12.1. The van der Waals surface area contributed by atoms with Crippen molar-refractivity contribution in [1.82, 2.24) is 9.21 Å². The fourth-order valence-electron chi connectivity index (χ4n) is 4.98. The highest BCUT2D eigenvalue weighted by molar-refractivity contribution is 7.88. The number of hydrogen-bond donors (Lipinski definition) is 0. The second-order valence-electron chi connectivity index (χ2n) is 10.1. The van der Waals surface area contributed by atoms with Gasteiger partial charge in [0.1, 0.15) is 0 Å². The van der Waals surface area contributed by atoms with E-state index in [4.69, 9.17) is 4.74 Å². The molecule has 1 fully saturated rings. The molecule has 1 saturated heterocycles. The molecule has 0 spiro atoms. The SMILES string of the molecule is Cc1c(CN(CCCOC2CN(S(C)(=O)=O)C2)CC(c2ccccc2)c2ccccc2)cccc1C(F)(F)F. The number of alkyl halides is 3. The van der Waals surface area contributed by atoms with Gasteiger partial charge in [-0.1, -0.05) is 72.8 Å². The minimum Gasteiger partial charge on any atom is -0.375 e. The minimum atomic E-state index is -4.40. The molecular formula is C30H35F3N2O3S. The van der Waals surface area contributed by atoms with Gasteiger partial charge in [0, 0.05) is 45.2 Å². The summed E-state index contributed by atoms with van der Waals surface area (Å²) in [5.41, 5.74) is 2.57. The van der Waals surface area contributed by atoms with Crippen molar-refractivity contribution in [3.63, 3.8) is 0 Å². The molecule has 0 saturated carbocycles. The summed E-state index contributed by atoms with van der Waals surface area (Å²) < 4.78 is 71.3. The summed E-state index contributed by atoms with van der Waals surface area (Å²) in [6, 6.07) is 24.6. The Balaban J connectivity index is 1.51. The number of benzene rings is 3. The first-order chi connectivity index (χ1) is 18.5. The maximum Gasteiger partial charge on any atom is 0.416 e. The van der Waals surface area contributed by atoms with Crippen LogP contribution in [-0.4, -0.2) is 62.8 Å². The van der Waals surface area contributed by atoms with E-state index in [1.165, 1.54) is 23.6 Å². The average Bonchev–Trinajstić information content (AvgIpc) is 2.86. The van der Waals surface area contributed by atoms with E-state index >= 15 is 0 Å². The van der Waals surface area contributed by atoms with Crippen molar-refractivity contribution in [2.45, 2.75) is 38.1 Å². The van der Waals surface area contributed by atoms with Crippen molar-refractivity contribution in [3.05, 3.63) is 107 Å². The molecule has 0 bridgehead atoms. The highest BCUT2D eigenvalue weighted by atomic mass is 32.2. The largest absolute Gasteiger partial charge is 0.416 e. The van der Waals surface area contributed by atoms with Crippen LogP contribution in [0.25, 0.3) is 0 Å². The Morgan fingerprint density at radius 2 is 1.54 bits per heavy atom. The lowest BCUT2D eigenvalue weighted by molar-refractivity contribution is -0.138. The maximum atomic E-state index is 13.6. The van der Waals surface area contributed by atoms with Crippen molar-refractivity contribution in [3.8, 4) is 0 Å². The van der Waals surface area contributed by atoms with Gasteiger partial charge in [0.05, 0.1) is 17.9 Å². The van der Waals surface area contributed by atoms with Crippen molar-refractivity contribution < 1.29 is 26.3 Å². The van der Waals surface area contributed by atoms with Crippen LogP contribution in [0.1, 0.15) is 40.2 Å². The summed E-state index contributed by atoms with van der Waals surface area (Å²) in [6.07, 6.45) is -2.67. The van der Waals surface area contributed by atoms with Crippen molar-refractivity contribution in [2.24, 2.45) is 0 Å². The topological polar surface area (TPSA) is 49.9 Å². The first-order valence-electron chi connectivity index (χ1n) is 13.1. The van der Waals surface area contributed by atoms with Crippen LogP contribution in [-0.2, 0) is 27.5 Å². The molecule has 3 aromatic rings. The van der Waals surface area contributed by atoms with Gasteiger partial charge in [-0.25, -0.2) is 8.42 Å². The monoisotopic (exact) mass is 560 g/mol.